The summed E-state index contributed by atoms with van der Waals surface area (Å²) in [5, 5.41) is 8.71. The first-order valence-corrected chi connectivity index (χ1v) is 10.6. The Kier molecular flexibility index (Phi) is 5.72. The Morgan fingerprint density at radius 2 is 2.17 bits per heavy atom. The molecule has 1 fully saturated rings. The predicted octanol–water partition coefficient (Wildman–Crippen LogP) is 1.03. The van der Waals surface area contributed by atoms with Gasteiger partial charge in [-0.1, -0.05) is 18.7 Å². The van der Waals surface area contributed by atoms with E-state index >= 15 is 0 Å². The monoisotopic (exact) mass is 360 g/mol. The summed E-state index contributed by atoms with van der Waals surface area (Å²) in [7, 11) is -1.15. The molecule has 2 heterocycles. The first-order chi connectivity index (χ1) is 10.7. The molecule has 0 aromatic carbocycles. The highest BCUT2D eigenvalue weighted by atomic mass is 32.2. The molecule has 130 valence electrons. The molecule has 0 spiro atoms. The Bertz CT molecular complexity index is 672. The number of nitrogens with zero attached hydrogens (tertiary/aromatic N) is 4. The van der Waals surface area contributed by atoms with Crippen molar-refractivity contribution >= 4 is 27.5 Å². The number of carbonyl (C=O) groups is 1. The van der Waals surface area contributed by atoms with Crippen LogP contribution in [0.3, 0.4) is 0 Å². The van der Waals surface area contributed by atoms with Crippen LogP contribution in [-0.4, -0.2) is 63.3 Å². The average molecular weight is 361 g/mol. The zero-order valence-corrected chi connectivity index (χ0v) is 15.7. The molecule has 0 N–H and O–H groups in total. The number of hydrogen-bond donors (Lipinski definition) is 0. The maximum atomic E-state index is 12.7. The zero-order valence-electron chi connectivity index (χ0n) is 14.0. The van der Waals surface area contributed by atoms with Crippen molar-refractivity contribution in [2.24, 2.45) is 7.05 Å². The first-order valence-electron chi connectivity index (χ1n) is 7.75. The van der Waals surface area contributed by atoms with Gasteiger partial charge in [0.2, 0.25) is 5.91 Å². The molecule has 1 aliphatic rings. The minimum Gasteiger partial charge on any atom is -0.335 e. The van der Waals surface area contributed by atoms with Crippen LogP contribution in [0.2, 0.25) is 0 Å². The van der Waals surface area contributed by atoms with Gasteiger partial charge >= 0.3 is 0 Å². The van der Waals surface area contributed by atoms with E-state index in [0.717, 1.165) is 12.2 Å². The summed E-state index contributed by atoms with van der Waals surface area (Å²) in [6, 6.07) is -0.174. The van der Waals surface area contributed by atoms with Gasteiger partial charge in [0.15, 0.2) is 15.0 Å². The number of amides is 1. The fourth-order valence-electron chi connectivity index (χ4n) is 2.72. The molecule has 1 saturated heterocycles. The van der Waals surface area contributed by atoms with Crippen LogP contribution in [0.5, 0.6) is 0 Å². The van der Waals surface area contributed by atoms with Crippen molar-refractivity contribution in [3.8, 4) is 0 Å². The van der Waals surface area contributed by atoms with Gasteiger partial charge in [-0.3, -0.25) is 4.79 Å². The van der Waals surface area contributed by atoms with Gasteiger partial charge in [0, 0.05) is 19.1 Å². The smallest absolute Gasteiger partial charge is 0.233 e. The second-order valence-corrected chi connectivity index (χ2v) is 9.16. The molecule has 1 aromatic heterocycles. The highest BCUT2D eigenvalue weighted by molar-refractivity contribution is 7.99. The quantitative estimate of drug-likeness (QED) is 0.705. The largest absolute Gasteiger partial charge is 0.335 e. The van der Waals surface area contributed by atoms with Crippen LogP contribution in [0, 0.1) is 6.92 Å². The summed E-state index contributed by atoms with van der Waals surface area (Å²) in [5.41, 5.74) is 0. The summed E-state index contributed by atoms with van der Waals surface area (Å²) in [5.74, 6) is 1.25. The van der Waals surface area contributed by atoms with E-state index in [0.29, 0.717) is 11.6 Å². The van der Waals surface area contributed by atoms with Crippen molar-refractivity contribution in [1.82, 2.24) is 19.7 Å². The second kappa shape index (κ2) is 7.21. The maximum absolute atomic E-state index is 12.7. The van der Waals surface area contributed by atoms with E-state index in [-0.39, 0.29) is 35.2 Å². The first kappa shape index (κ1) is 18.3. The van der Waals surface area contributed by atoms with Gasteiger partial charge in [0.05, 0.1) is 17.3 Å². The molecule has 2 atom stereocenters. The molecule has 0 aliphatic carbocycles. The number of sulfone groups is 1. The van der Waals surface area contributed by atoms with E-state index in [1.807, 2.05) is 32.4 Å². The summed E-state index contributed by atoms with van der Waals surface area (Å²) >= 11 is 1.34. The topological polar surface area (TPSA) is 85.2 Å². The number of aromatic nitrogens is 3. The summed E-state index contributed by atoms with van der Waals surface area (Å²) in [6.45, 7) is 5.83. The van der Waals surface area contributed by atoms with Crippen LogP contribution >= 0.6 is 11.8 Å². The van der Waals surface area contributed by atoms with E-state index in [9.17, 15) is 13.2 Å². The van der Waals surface area contributed by atoms with Crippen molar-refractivity contribution in [2.45, 2.75) is 50.9 Å². The van der Waals surface area contributed by atoms with E-state index < -0.39 is 9.84 Å². The van der Waals surface area contributed by atoms with Gasteiger partial charge in [-0.2, -0.15) is 0 Å². The lowest BCUT2D eigenvalue weighted by Crippen LogP contribution is -2.47. The Balaban J connectivity index is 2.07. The highest BCUT2D eigenvalue weighted by Gasteiger charge is 2.36. The Morgan fingerprint density at radius 1 is 1.48 bits per heavy atom. The second-order valence-electron chi connectivity index (χ2n) is 5.99. The van der Waals surface area contributed by atoms with Gasteiger partial charge in [0.25, 0.3) is 0 Å². The van der Waals surface area contributed by atoms with Crippen LogP contribution in [0.1, 0.15) is 32.5 Å². The molecular formula is C14H24N4O3S2. The van der Waals surface area contributed by atoms with Crippen molar-refractivity contribution in [3.05, 3.63) is 5.82 Å². The third-order valence-electron chi connectivity index (χ3n) is 4.33. The molecular weight excluding hydrogens is 336 g/mol. The van der Waals surface area contributed by atoms with Gasteiger partial charge in [-0.05, 0) is 26.7 Å². The molecule has 0 saturated carbocycles. The molecule has 0 bridgehead atoms. The van der Waals surface area contributed by atoms with E-state index in [4.69, 9.17) is 0 Å². The fourth-order valence-corrected chi connectivity index (χ4v) is 5.25. The van der Waals surface area contributed by atoms with Crippen molar-refractivity contribution in [1.29, 1.82) is 0 Å². The summed E-state index contributed by atoms with van der Waals surface area (Å²) in [4.78, 5) is 14.5. The van der Waals surface area contributed by atoms with E-state index in [1.54, 1.807) is 4.90 Å². The third kappa shape index (κ3) is 4.26. The van der Waals surface area contributed by atoms with Crippen molar-refractivity contribution in [3.63, 3.8) is 0 Å². The van der Waals surface area contributed by atoms with Crippen LogP contribution in [-0.2, 0) is 21.7 Å². The number of hydrogen-bond acceptors (Lipinski definition) is 6. The molecule has 1 aliphatic heterocycles. The molecule has 9 heteroatoms. The van der Waals surface area contributed by atoms with Gasteiger partial charge in [0.1, 0.15) is 5.82 Å². The number of rotatable bonds is 6. The molecule has 1 aromatic rings. The number of aryl methyl sites for hydroxylation is 1. The van der Waals surface area contributed by atoms with E-state index in [1.165, 1.54) is 11.8 Å². The van der Waals surface area contributed by atoms with Crippen LogP contribution in [0.15, 0.2) is 5.16 Å². The summed E-state index contributed by atoms with van der Waals surface area (Å²) < 4.78 is 25.3. The maximum Gasteiger partial charge on any atom is 0.233 e. The zero-order chi connectivity index (χ0) is 17.2. The normalized spacial score (nSPS) is 21.3. The standard InChI is InChI=1S/C14H24N4O3S2/c1-5-10(2)18(12-6-7-23(20,21)9-12)13(19)8-22-14-16-15-11(3)17(14)4/h10,12H,5-9H2,1-4H3/t10-,12+/m0/s1. The van der Waals surface area contributed by atoms with Gasteiger partial charge in [-0.15, -0.1) is 10.2 Å². The molecule has 23 heavy (non-hydrogen) atoms. The van der Waals surface area contributed by atoms with Crippen molar-refractivity contribution in [2.75, 3.05) is 17.3 Å². The molecule has 0 radical (unpaired) electrons. The third-order valence-corrected chi connectivity index (χ3v) is 7.09. The Morgan fingerprint density at radius 3 is 2.65 bits per heavy atom. The predicted molar refractivity (Wildman–Crippen MR) is 90.1 cm³/mol. The molecule has 0 unspecified atom stereocenters. The lowest BCUT2D eigenvalue weighted by Gasteiger charge is -2.33. The average Bonchev–Trinajstić information content (AvgIpc) is 3.00. The fraction of sp³-hybridized carbons (Fsp3) is 0.786. The van der Waals surface area contributed by atoms with Gasteiger partial charge in [-0.25, -0.2) is 8.42 Å². The van der Waals surface area contributed by atoms with Crippen LogP contribution in [0.4, 0.5) is 0 Å². The summed E-state index contributed by atoms with van der Waals surface area (Å²) in [6.07, 6.45) is 1.34. The lowest BCUT2D eigenvalue weighted by molar-refractivity contribution is -0.132. The lowest BCUT2D eigenvalue weighted by atomic mass is 10.1. The van der Waals surface area contributed by atoms with Gasteiger partial charge < -0.3 is 9.47 Å². The van der Waals surface area contributed by atoms with Crippen LogP contribution in [0.25, 0.3) is 0 Å². The Hall–Kier alpha value is -1.09. The van der Waals surface area contributed by atoms with Crippen LogP contribution < -0.4 is 0 Å². The minimum absolute atomic E-state index is 0.0302. The van der Waals surface area contributed by atoms with E-state index in [2.05, 4.69) is 10.2 Å². The van der Waals surface area contributed by atoms with Crippen molar-refractivity contribution < 1.29 is 13.2 Å². The minimum atomic E-state index is -3.01. The number of carbonyl (C=O) groups excluding carboxylic acids is 1. The highest BCUT2D eigenvalue weighted by Crippen LogP contribution is 2.24. The molecule has 1 amide bonds. The number of thioether (sulfide) groups is 1. The Labute approximate surface area is 141 Å². The SMILES string of the molecule is CC[C@H](C)N(C(=O)CSc1nnc(C)n1C)[C@@H]1CCS(=O)(=O)C1. The molecule has 7 nitrogen and oxygen atoms in total. The molecule has 2 rings (SSSR count).